The number of hydrogen-bond donors (Lipinski definition) is 2. The lowest BCUT2D eigenvalue weighted by atomic mass is 10.0. The first kappa shape index (κ1) is 15.7. The second-order valence-electron chi connectivity index (χ2n) is 6.23. The highest BCUT2D eigenvalue weighted by atomic mass is 16.2. The molecule has 2 atom stereocenters. The van der Waals surface area contributed by atoms with Crippen molar-refractivity contribution in [2.45, 2.75) is 38.8 Å². The van der Waals surface area contributed by atoms with Gasteiger partial charge in [0.1, 0.15) is 5.69 Å². The number of aryl methyl sites for hydroxylation is 1. The first-order chi connectivity index (χ1) is 11.1. The fourth-order valence-electron chi connectivity index (χ4n) is 3.14. The van der Waals surface area contributed by atoms with Crippen molar-refractivity contribution in [1.82, 2.24) is 20.4 Å². The van der Waals surface area contributed by atoms with E-state index in [1.54, 1.807) is 6.07 Å². The molecular weight excluding hydrogens is 288 g/mol. The lowest BCUT2D eigenvalue weighted by Gasteiger charge is -2.23. The van der Waals surface area contributed by atoms with Crippen molar-refractivity contribution >= 4 is 5.91 Å². The molecule has 0 aliphatic carbocycles. The lowest BCUT2D eigenvalue weighted by Crippen LogP contribution is -2.32. The molecule has 0 unspecified atom stereocenters. The Hall–Kier alpha value is -2.14. The van der Waals surface area contributed by atoms with Crippen molar-refractivity contribution in [3.63, 3.8) is 0 Å². The van der Waals surface area contributed by atoms with Crippen LogP contribution in [-0.2, 0) is 0 Å². The molecule has 0 saturated carbocycles. The lowest BCUT2D eigenvalue weighted by molar-refractivity contribution is 0.0933. The fourth-order valence-corrected chi connectivity index (χ4v) is 3.14. The predicted molar refractivity (Wildman–Crippen MR) is 90.4 cm³/mol. The Morgan fingerprint density at radius 2 is 2.22 bits per heavy atom. The van der Waals surface area contributed by atoms with Crippen molar-refractivity contribution in [2.24, 2.45) is 0 Å². The van der Waals surface area contributed by atoms with Gasteiger partial charge in [-0.1, -0.05) is 24.3 Å². The average Bonchev–Trinajstić information content (AvgIpc) is 3.06. The summed E-state index contributed by atoms with van der Waals surface area (Å²) < 4.78 is 1.92. The standard InChI is InChI=1S/C18H24N4O/c1-13-6-3-4-8-16(13)14(2)20-18(23)17-9-11-22(21-17)15-7-5-10-19-12-15/h3-4,6,8-9,11,14-15,19H,5,7,10,12H2,1-2H3,(H,20,23)/t14-,15+/m1/s1. The van der Waals surface area contributed by atoms with Gasteiger partial charge in [0, 0.05) is 12.7 Å². The molecule has 2 N–H and O–H groups in total. The van der Waals surface area contributed by atoms with Gasteiger partial charge >= 0.3 is 0 Å². The van der Waals surface area contributed by atoms with Crippen LogP contribution < -0.4 is 10.6 Å². The molecular formula is C18H24N4O. The summed E-state index contributed by atoms with van der Waals surface area (Å²) in [5.74, 6) is -0.122. The zero-order valence-electron chi connectivity index (χ0n) is 13.7. The van der Waals surface area contributed by atoms with Crippen molar-refractivity contribution in [2.75, 3.05) is 13.1 Å². The molecule has 1 aliphatic rings. The van der Waals surface area contributed by atoms with Crippen LogP contribution in [0.2, 0.25) is 0 Å². The van der Waals surface area contributed by atoms with Crippen LogP contribution in [-0.4, -0.2) is 28.8 Å². The number of rotatable bonds is 4. The Kier molecular flexibility index (Phi) is 4.76. The average molecular weight is 312 g/mol. The van der Waals surface area contributed by atoms with Crippen LogP contribution in [0.4, 0.5) is 0 Å². The molecule has 5 nitrogen and oxygen atoms in total. The Labute approximate surface area is 137 Å². The summed E-state index contributed by atoms with van der Waals surface area (Å²) in [4.78, 5) is 12.4. The van der Waals surface area contributed by atoms with Crippen LogP contribution in [0.1, 0.15) is 53.5 Å². The smallest absolute Gasteiger partial charge is 0.272 e. The first-order valence-electron chi connectivity index (χ1n) is 8.27. The summed E-state index contributed by atoms with van der Waals surface area (Å²) in [6, 6.07) is 10.2. The van der Waals surface area contributed by atoms with Gasteiger partial charge in [0.2, 0.25) is 0 Å². The number of amides is 1. The van der Waals surface area contributed by atoms with Crippen LogP contribution in [0.3, 0.4) is 0 Å². The minimum Gasteiger partial charge on any atom is -0.344 e. The van der Waals surface area contributed by atoms with E-state index in [1.165, 1.54) is 5.56 Å². The number of nitrogens with one attached hydrogen (secondary N) is 2. The van der Waals surface area contributed by atoms with Crippen LogP contribution in [0.15, 0.2) is 36.5 Å². The Balaban J connectivity index is 1.66. The van der Waals surface area contributed by atoms with Crippen molar-refractivity contribution in [3.05, 3.63) is 53.3 Å². The van der Waals surface area contributed by atoms with E-state index in [0.29, 0.717) is 11.7 Å². The summed E-state index contributed by atoms with van der Waals surface area (Å²) in [7, 11) is 0. The second-order valence-corrected chi connectivity index (χ2v) is 6.23. The van der Waals surface area contributed by atoms with Crippen molar-refractivity contribution in [3.8, 4) is 0 Å². The molecule has 23 heavy (non-hydrogen) atoms. The van der Waals surface area contributed by atoms with Gasteiger partial charge < -0.3 is 10.6 Å². The van der Waals surface area contributed by atoms with Gasteiger partial charge in [0.25, 0.3) is 5.91 Å². The highest BCUT2D eigenvalue weighted by Crippen LogP contribution is 2.18. The molecule has 0 bridgehead atoms. The first-order valence-corrected chi connectivity index (χ1v) is 8.27. The van der Waals surface area contributed by atoms with E-state index >= 15 is 0 Å². The number of nitrogens with zero attached hydrogens (tertiary/aromatic N) is 2. The maximum atomic E-state index is 12.4. The summed E-state index contributed by atoms with van der Waals surface area (Å²) >= 11 is 0. The van der Waals surface area contributed by atoms with Crippen molar-refractivity contribution < 1.29 is 4.79 Å². The second kappa shape index (κ2) is 6.96. The topological polar surface area (TPSA) is 59.0 Å². The van der Waals surface area contributed by atoms with Gasteiger partial charge in [-0.25, -0.2) is 0 Å². The molecule has 2 heterocycles. The minimum absolute atomic E-state index is 0.0369. The van der Waals surface area contributed by atoms with E-state index in [9.17, 15) is 4.79 Å². The van der Waals surface area contributed by atoms with Crippen LogP contribution in [0, 0.1) is 6.92 Å². The van der Waals surface area contributed by atoms with E-state index < -0.39 is 0 Å². The van der Waals surface area contributed by atoms with Crippen LogP contribution >= 0.6 is 0 Å². The number of aromatic nitrogens is 2. The molecule has 1 fully saturated rings. The Bertz CT molecular complexity index is 673. The summed E-state index contributed by atoms with van der Waals surface area (Å²) in [6.07, 6.45) is 4.16. The number of piperidine rings is 1. The number of carbonyl (C=O) groups excluding carboxylic acids is 1. The van der Waals surface area contributed by atoms with Gasteiger partial charge in [-0.3, -0.25) is 9.48 Å². The van der Waals surface area contributed by atoms with Crippen LogP contribution in [0.5, 0.6) is 0 Å². The van der Waals surface area contributed by atoms with E-state index in [4.69, 9.17) is 0 Å². The van der Waals surface area contributed by atoms with E-state index in [0.717, 1.165) is 31.5 Å². The SMILES string of the molecule is Cc1ccccc1[C@@H](C)NC(=O)c1ccn([C@H]2CCCNC2)n1. The Morgan fingerprint density at radius 1 is 1.39 bits per heavy atom. The number of hydrogen-bond acceptors (Lipinski definition) is 3. The molecule has 0 radical (unpaired) electrons. The minimum atomic E-state index is -0.122. The third-order valence-electron chi connectivity index (χ3n) is 4.49. The fraction of sp³-hybridized carbons (Fsp3) is 0.444. The van der Waals surface area contributed by atoms with Crippen molar-refractivity contribution in [1.29, 1.82) is 0 Å². The van der Waals surface area contributed by atoms with Gasteiger partial charge in [-0.15, -0.1) is 0 Å². The molecule has 1 saturated heterocycles. The molecule has 1 aromatic heterocycles. The molecule has 3 rings (SSSR count). The monoisotopic (exact) mass is 312 g/mol. The predicted octanol–water partition coefficient (Wildman–Crippen LogP) is 2.61. The third-order valence-corrected chi connectivity index (χ3v) is 4.49. The maximum absolute atomic E-state index is 12.4. The van der Waals surface area contributed by atoms with Crippen LogP contribution in [0.25, 0.3) is 0 Å². The Morgan fingerprint density at radius 3 is 2.96 bits per heavy atom. The highest BCUT2D eigenvalue weighted by molar-refractivity contribution is 5.92. The molecule has 2 aromatic rings. The summed E-state index contributed by atoms with van der Waals surface area (Å²) in [6.45, 7) is 6.05. The zero-order valence-corrected chi connectivity index (χ0v) is 13.7. The molecule has 1 aliphatic heterocycles. The summed E-state index contributed by atoms with van der Waals surface area (Å²) in [5, 5.41) is 10.9. The molecule has 5 heteroatoms. The number of benzene rings is 1. The number of carbonyl (C=O) groups is 1. The zero-order chi connectivity index (χ0) is 16.2. The normalized spacial score (nSPS) is 19.3. The maximum Gasteiger partial charge on any atom is 0.272 e. The molecule has 1 aromatic carbocycles. The quantitative estimate of drug-likeness (QED) is 0.912. The molecule has 122 valence electrons. The van der Waals surface area contributed by atoms with Gasteiger partial charge in [-0.05, 0) is 50.4 Å². The van der Waals surface area contributed by atoms with Gasteiger partial charge in [-0.2, -0.15) is 5.10 Å². The molecule has 0 spiro atoms. The molecule has 1 amide bonds. The third kappa shape index (κ3) is 3.62. The van der Waals surface area contributed by atoms with Gasteiger partial charge in [0.05, 0.1) is 12.1 Å². The highest BCUT2D eigenvalue weighted by Gasteiger charge is 2.19. The van der Waals surface area contributed by atoms with E-state index in [2.05, 4.69) is 28.7 Å². The largest absolute Gasteiger partial charge is 0.344 e. The van der Waals surface area contributed by atoms with Gasteiger partial charge in [0.15, 0.2) is 0 Å². The van der Waals surface area contributed by atoms with E-state index in [1.807, 2.05) is 36.0 Å². The van der Waals surface area contributed by atoms with E-state index in [-0.39, 0.29) is 11.9 Å². The summed E-state index contributed by atoms with van der Waals surface area (Å²) in [5.41, 5.74) is 2.80.